The van der Waals surface area contributed by atoms with Crippen molar-refractivity contribution in [3.05, 3.63) is 0 Å². The standard InChI is InChI=1S/C17H30N2O3/c1-13(2)17(6-7-17)12-18-15(20)19-8-4-5-14(11-19)16(3)21-9-10-22-16/h13-14H,4-12H2,1-3H3,(H,18,20). The molecule has 1 N–H and O–H groups in total. The van der Waals surface area contributed by atoms with Crippen LogP contribution in [-0.2, 0) is 9.47 Å². The van der Waals surface area contributed by atoms with Crippen molar-refractivity contribution < 1.29 is 14.3 Å². The fourth-order valence-corrected chi connectivity index (χ4v) is 3.84. The summed E-state index contributed by atoms with van der Waals surface area (Å²) in [6, 6.07) is 0.0817. The lowest BCUT2D eigenvalue weighted by molar-refractivity contribution is -0.189. The van der Waals surface area contributed by atoms with Crippen LogP contribution in [-0.4, -0.2) is 49.6 Å². The number of nitrogens with one attached hydrogen (secondary N) is 1. The molecule has 0 aromatic rings. The van der Waals surface area contributed by atoms with Gasteiger partial charge in [-0.15, -0.1) is 0 Å². The van der Waals surface area contributed by atoms with Crippen LogP contribution in [0, 0.1) is 17.3 Å². The van der Waals surface area contributed by atoms with Gasteiger partial charge in [0, 0.05) is 25.6 Å². The summed E-state index contributed by atoms with van der Waals surface area (Å²) in [5, 5.41) is 3.17. The van der Waals surface area contributed by atoms with Gasteiger partial charge in [-0.3, -0.25) is 0 Å². The Morgan fingerprint density at radius 1 is 1.32 bits per heavy atom. The number of urea groups is 1. The van der Waals surface area contributed by atoms with Crippen LogP contribution in [0.3, 0.4) is 0 Å². The number of carbonyl (C=O) groups is 1. The highest BCUT2D eigenvalue weighted by Crippen LogP contribution is 2.51. The molecule has 5 nitrogen and oxygen atoms in total. The average molecular weight is 310 g/mol. The van der Waals surface area contributed by atoms with Gasteiger partial charge in [-0.05, 0) is 43.9 Å². The Hall–Kier alpha value is -0.810. The smallest absolute Gasteiger partial charge is 0.317 e. The largest absolute Gasteiger partial charge is 0.347 e. The predicted octanol–water partition coefficient (Wildman–Crippen LogP) is 2.61. The van der Waals surface area contributed by atoms with E-state index in [4.69, 9.17) is 9.47 Å². The quantitative estimate of drug-likeness (QED) is 0.868. The van der Waals surface area contributed by atoms with E-state index in [0.717, 1.165) is 32.5 Å². The molecule has 2 saturated heterocycles. The zero-order valence-electron chi connectivity index (χ0n) is 14.2. The monoisotopic (exact) mass is 310 g/mol. The molecule has 0 bridgehead atoms. The number of amides is 2. The lowest BCUT2D eigenvalue weighted by atomic mass is 9.90. The highest BCUT2D eigenvalue weighted by molar-refractivity contribution is 5.74. The molecule has 1 saturated carbocycles. The number of rotatable bonds is 4. The Labute approximate surface area is 133 Å². The third-order valence-corrected chi connectivity index (χ3v) is 6.02. The first-order valence-electron chi connectivity index (χ1n) is 8.76. The van der Waals surface area contributed by atoms with E-state index < -0.39 is 5.79 Å². The summed E-state index contributed by atoms with van der Waals surface area (Å²) < 4.78 is 11.6. The molecule has 2 amide bonds. The van der Waals surface area contributed by atoms with Gasteiger partial charge in [0.25, 0.3) is 0 Å². The summed E-state index contributed by atoms with van der Waals surface area (Å²) in [6.45, 7) is 10.2. The Morgan fingerprint density at radius 2 is 2.00 bits per heavy atom. The maximum Gasteiger partial charge on any atom is 0.317 e. The molecule has 0 aromatic carbocycles. The summed E-state index contributed by atoms with van der Waals surface area (Å²) in [4.78, 5) is 14.4. The molecule has 0 aromatic heterocycles. The number of hydrogen-bond acceptors (Lipinski definition) is 3. The molecule has 1 aliphatic carbocycles. The fraction of sp³-hybridized carbons (Fsp3) is 0.941. The van der Waals surface area contributed by atoms with E-state index in [0.29, 0.717) is 24.5 Å². The first-order valence-corrected chi connectivity index (χ1v) is 8.76. The maximum atomic E-state index is 12.5. The topological polar surface area (TPSA) is 50.8 Å². The summed E-state index contributed by atoms with van der Waals surface area (Å²) in [5.74, 6) is 0.407. The Kier molecular flexibility index (Phi) is 4.38. The summed E-state index contributed by atoms with van der Waals surface area (Å²) >= 11 is 0. The number of nitrogens with zero attached hydrogens (tertiary/aromatic N) is 1. The van der Waals surface area contributed by atoms with Crippen molar-refractivity contribution >= 4 is 6.03 Å². The number of piperidine rings is 1. The first kappa shape index (κ1) is 16.1. The van der Waals surface area contributed by atoms with Crippen LogP contribution in [0.1, 0.15) is 46.5 Å². The molecule has 22 heavy (non-hydrogen) atoms. The van der Waals surface area contributed by atoms with E-state index in [1.807, 2.05) is 11.8 Å². The molecule has 0 radical (unpaired) electrons. The molecular weight excluding hydrogens is 280 g/mol. The summed E-state index contributed by atoms with van der Waals surface area (Å²) in [5.41, 5.74) is 0.356. The molecule has 1 atom stereocenters. The van der Waals surface area contributed by atoms with Gasteiger partial charge in [0.2, 0.25) is 0 Å². The third kappa shape index (κ3) is 3.11. The number of likely N-dealkylation sites (tertiary alicyclic amines) is 1. The van der Waals surface area contributed by atoms with Gasteiger partial charge < -0.3 is 19.7 Å². The van der Waals surface area contributed by atoms with Gasteiger partial charge in [0.15, 0.2) is 5.79 Å². The van der Waals surface area contributed by atoms with Crippen molar-refractivity contribution in [3.8, 4) is 0 Å². The van der Waals surface area contributed by atoms with E-state index >= 15 is 0 Å². The molecule has 5 heteroatoms. The molecule has 126 valence electrons. The number of carbonyl (C=O) groups excluding carboxylic acids is 1. The van der Waals surface area contributed by atoms with Crippen LogP contribution in [0.5, 0.6) is 0 Å². The van der Waals surface area contributed by atoms with E-state index in [2.05, 4.69) is 19.2 Å². The zero-order chi connectivity index (χ0) is 15.8. The van der Waals surface area contributed by atoms with Gasteiger partial charge in [-0.1, -0.05) is 13.8 Å². The Balaban J connectivity index is 1.52. The van der Waals surface area contributed by atoms with Crippen LogP contribution in [0.2, 0.25) is 0 Å². The third-order valence-electron chi connectivity index (χ3n) is 6.02. The fourth-order valence-electron chi connectivity index (χ4n) is 3.84. The molecule has 3 aliphatic rings. The van der Waals surface area contributed by atoms with Crippen molar-refractivity contribution in [1.29, 1.82) is 0 Å². The Bertz CT molecular complexity index is 414. The number of ether oxygens (including phenoxy) is 2. The molecule has 0 spiro atoms. The lowest BCUT2D eigenvalue weighted by Crippen LogP contribution is -2.52. The minimum absolute atomic E-state index is 0.0817. The predicted molar refractivity (Wildman–Crippen MR) is 84.5 cm³/mol. The highest BCUT2D eigenvalue weighted by atomic mass is 16.7. The molecule has 1 unspecified atom stereocenters. The summed E-state index contributed by atoms with van der Waals surface area (Å²) in [6.07, 6.45) is 4.58. The molecule has 3 fully saturated rings. The van der Waals surface area contributed by atoms with Crippen molar-refractivity contribution in [2.45, 2.75) is 52.2 Å². The van der Waals surface area contributed by atoms with Gasteiger partial charge in [-0.25, -0.2) is 4.79 Å². The molecular formula is C17H30N2O3. The minimum Gasteiger partial charge on any atom is -0.347 e. The van der Waals surface area contributed by atoms with Crippen LogP contribution < -0.4 is 5.32 Å². The van der Waals surface area contributed by atoms with Crippen LogP contribution in [0.15, 0.2) is 0 Å². The van der Waals surface area contributed by atoms with Gasteiger partial charge in [0.05, 0.1) is 13.2 Å². The molecule has 2 aliphatic heterocycles. The summed E-state index contributed by atoms with van der Waals surface area (Å²) in [7, 11) is 0. The van der Waals surface area contributed by atoms with Crippen molar-refractivity contribution in [3.63, 3.8) is 0 Å². The van der Waals surface area contributed by atoms with Gasteiger partial charge in [-0.2, -0.15) is 0 Å². The van der Waals surface area contributed by atoms with E-state index in [1.54, 1.807) is 0 Å². The second-order valence-electron chi connectivity index (χ2n) is 7.67. The van der Waals surface area contributed by atoms with E-state index in [1.165, 1.54) is 12.8 Å². The first-order chi connectivity index (χ1) is 10.5. The van der Waals surface area contributed by atoms with Crippen LogP contribution in [0.4, 0.5) is 4.79 Å². The normalized spacial score (nSPS) is 29.6. The van der Waals surface area contributed by atoms with Crippen molar-refractivity contribution in [2.75, 3.05) is 32.8 Å². The lowest BCUT2D eigenvalue weighted by Gasteiger charge is -2.40. The highest BCUT2D eigenvalue weighted by Gasteiger charge is 2.46. The minimum atomic E-state index is -0.505. The van der Waals surface area contributed by atoms with Crippen molar-refractivity contribution in [1.82, 2.24) is 10.2 Å². The zero-order valence-corrected chi connectivity index (χ0v) is 14.2. The Morgan fingerprint density at radius 3 is 2.59 bits per heavy atom. The number of hydrogen-bond donors (Lipinski definition) is 1. The maximum absolute atomic E-state index is 12.5. The van der Waals surface area contributed by atoms with Gasteiger partial charge in [0.1, 0.15) is 0 Å². The van der Waals surface area contributed by atoms with Crippen molar-refractivity contribution in [2.24, 2.45) is 17.3 Å². The van der Waals surface area contributed by atoms with Crippen LogP contribution >= 0.6 is 0 Å². The molecule has 2 heterocycles. The van der Waals surface area contributed by atoms with E-state index in [-0.39, 0.29) is 11.9 Å². The average Bonchev–Trinajstić information content (AvgIpc) is 3.19. The SMILES string of the molecule is CC(C)C1(CNC(=O)N2CCCC(C3(C)OCCO3)C2)CC1. The second kappa shape index (κ2) is 6.00. The van der Waals surface area contributed by atoms with Crippen LogP contribution in [0.25, 0.3) is 0 Å². The molecule has 3 rings (SSSR count). The van der Waals surface area contributed by atoms with E-state index in [9.17, 15) is 4.79 Å². The second-order valence-corrected chi connectivity index (χ2v) is 7.67. The van der Waals surface area contributed by atoms with Gasteiger partial charge >= 0.3 is 6.03 Å².